The Morgan fingerprint density at radius 3 is 2.83 bits per heavy atom. The second-order valence-corrected chi connectivity index (χ2v) is 5.21. The average molecular weight is 329 g/mol. The molecule has 2 N–H and O–H groups in total. The normalized spacial score (nSPS) is 16.8. The summed E-state index contributed by atoms with van der Waals surface area (Å²) in [7, 11) is 1.34. The first-order chi connectivity index (χ1) is 11.0. The molecule has 1 aliphatic rings. The maximum absolute atomic E-state index is 13.8. The van der Waals surface area contributed by atoms with Gasteiger partial charge in [0.2, 0.25) is 5.82 Å². The van der Waals surface area contributed by atoms with Crippen molar-refractivity contribution < 1.29 is 23.9 Å². The van der Waals surface area contributed by atoms with Crippen molar-refractivity contribution in [1.29, 1.82) is 0 Å². The lowest BCUT2D eigenvalue weighted by atomic mass is 10.2. The number of aliphatic hydroxyl groups excluding tert-OH is 1. The quantitative estimate of drug-likeness (QED) is 0.565. The first-order valence-electron chi connectivity index (χ1n) is 7.25. The standard InChI is InChI=1S/C14H20FN3O5/c1-22-11-6-12(15)14(18(20)21)13(7-11)16-8-10(19)9-17-2-4-23-5-3-17/h6-7,10,16,19H,2-5,8-9H2,1H3. The zero-order chi connectivity index (χ0) is 16.8. The highest BCUT2D eigenvalue weighted by molar-refractivity contribution is 5.65. The predicted molar refractivity (Wildman–Crippen MR) is 81.4 cm³/mol. The van der Waals surface area contributed by atoms with Crippen molar-refractivity contribution in [2.75, 3.05) is 51.8 Å². The van der Waals surface area contributed by atoms with Gasteiger partial charge in [-0.3, -0.25) is 15.0 Å². The van der Waals surface area contributed by atoms with Gasteiger partial charge in [-0.05, 0) is 0 Å². The molecule has 128 valence electrons. The summed E-state index contributed by atoms with van der Waals surface area (Å²) in [5.74, 6) is -0.821. The average Bonchev–Trinajstić information content (AvgIpc) is 2.52. The van der Waals surface area contributed by atoms with Crippen LogP contribution >= 0.6 is 0 Å². The molecule has 0 radical (unpaired) electrons. The van der Waals surface area contributed by atoms with E-state index >= 15 is 0 Å². The molecule has 9 heteroatoms. The number of β-amino-alcohol motifs (C(OH)–C–C–N with tert-alkyl or cyclic N) is 1. The lowest BCUT2D eigenvalue weighted by Gasteiger charge is -2.28. The number of nitrogens with one attached hydrogen (secondary N) is 1. The largest absolute Gasteiger partial charge is 0.497 e. The van der Waals surface area contributed by atoms with E-state index in [0.717, 1.165) is 19.2 Å². The van der Waals surface area contributed by atoms with E-state index in [4.69, 9.17) is 9.47 Å². The van der Waals surface area contributed by atoms with Gasteiger partial charge >= 0.3 is 5.69 Å². The molecule has 1 fully saturated rings. The van der Waals surface area contributed by atoms with Crippen molar-refractivity contribution in [1.82, 2.24) is 4.90 Å². The van der Waals surface area contributed by atoms with E-state index in [1.807, 2.05) is 4.90 Å². The number of nitro benzene ring substituents is 1. The molecule has 1 heterocycles. The van der Waals surface area contributed by atoms with Crippen LogP contribution in [0.15, 0.2) is 12.1 Å². The third kappa shape index (κ3) is 4.75. The second-order valence-electron chi connectivity index (χ2n) is 5.21. The van der Waals surface area contributed by atoms with Crippen LogP contribution in [0.1, 0.15) is 0 Å². The summed E-state index contributed by atoms with van der Waals surface area (Å²) in [6.07, 6.45) is -0.748. The molecule has 0 amide bonds. The monoisotopic (exact) mass is 329 g/mol. The van der Waals surface area contributed by atoms with Gasteiger partial charge in [0.25, 0.3) is 0 Å². The van der Waals surface area contributed by atoms with Crippen molar-refractivity contribution in [3.63, 3.8) is 0 Å². The van der Waals surface area contributed by atoms with Crippen LogP contribution in [0.25, 0.3) is 0 Å². The molecule has 1 saturated heterocycles. The van der Waals surface area contributed by atoms with Gasteiger partial charge in [-0.2, -0.15) is 4.39 Å². The van der Waals surface area contributed by atoms with Crippen molar-refractivity contribution in [3.05, 3.63) is 28.1 Å². The Morgan fingerprint density at radius 2 is 2.22 bits per heavy atom. The third-order valence-corrected chi connectivity index (χ3v) is 3.56. The van der Waals surface area contributed by atoms with Crippen LogP contribution in [0.4, 0.5) is 15.8 Å². The molecule has 1 aliphatic heterocycles. The van der Waals surface area contributed by atoms with E-state index in [0.29, 0.717) is 19.8 Å². The summed E-state index contributed by atoms with van der Waals surface area (Å²) >= 11 is 0. The van der Waals surface area contributed by atoms with Crippen LogP contribution in [0, 0.1) is 15.9 Å². The van der Waals surface area contributed by atoms with Crippen LogP contribution < -0.4 is 10.1 Å². The first kappa shape index (κ1) is 17.4. The van der Waals surface area contributed by atoms with Gasteiger partial charge in [0, 0.05) is 38.3 Å². The molecule has 0 aliphatic carbocycles. The number of halogens is 1. The van der Waals surface area contributed by atoms with E-state index < -0.39 is 22.5 Å². The van der Waals surface area contributed by atoms with Gasteiger partial charge in [-0.15, -0.1) is 0 Å². The molecule has 0 aromatic heterocycles. The Morgan fingerprint density at radius 1 is 1.52 bits per heavy atom. The van der Waals surface area contributed by atoms with Crippen LogP contribution in [0.5, 0.6) is 5.75 Å². The number of ether oxygens (including phenoxy) is 2. The molecule has 0 saturated carbocycles. The molecule has 2 rings (SSSR count). The fraction of sp³-hybridized carbons (Fsp3) is 0.571. The molecular weight excluding hydrogens is 309 g/mol. The van der Waals surface area contributed by atoms with Crippen molar-refractivity contribution in [2.24, 2.45) is 0 Å². The van der Waals surface area contributed by atoms with Crippen LogP contribution in [-0.4, -0.2) is 67.5 Å². The Kier molecular flexibility index (Phi) is 6.08. The Bertz CT molecular complexity index is 551. The number of morpholine rings is 1. The highest BCUT2D eigenvalue weighted by Crippen LogP contribution is 2.32. The summed E-state index contributed by atoms with van der Waals surface area (Å²) in [5.41, 5.74) is -0.683. The highest BCUT2D eigenvalue weighted by Gasteiger charge is 2.23. The molecule has 23 heavy (non-hydrogen) atoms. The van der Waals surface area contributed by atoms with Crippen molar-refractivity contribution >= 4 is 11.4 Å². The maximum atomic E-state index is 13.8. The van der Waals surface area contributed by atoms with Crippen molar-refractivity contribution in [2.45, 2.75) is 6.10 Å². The number of rotatable bonds is 7. The SMILES string of the molecule is COc1cc(F)c([N+](=O)[O-])c(NCC(O)CN2CCOCC2)c1. The molecular formula is C14H20FN3O5. The van der Waals surface area contributed by atoms with E-state index in [9.17, 15) is 19.6 Å². The number of hydrogen-bond acceptors (Lipinski definition) is 7. The Hall–Kier alpha value is -1.97. The Labute approximate surface area is 132 Å². The van der Waals surface area contributed by atoms with Crippen LogP contribution in [0.3, 0.4) is 0 Å². The predicted octanol–water partition coefficient (Wildman–Crippen LogP) is 0.847. The zero-order valence-electron chi connectivity index (χ0n) is 12.8. The Balaban J connectivity index is 2.00. The highest BCUT2D eigenvalue weighted by atomic mass is 19.1. The maximum Gasteiger partial charge on any atom is 0.327 e. The first-order valence-corrected chi connectivity index (χ1v) is 7.25. The van der Waals surface area contributed by atoms with Crippen molar-refractivity contribution in [3.8, 4) is 5.75 Å². The number of nitro groups is 1. The lowest BCUT2D eigenvalue weighted by molar-refractivity contribution is -0.386. The van der Waals surface area contributed by atoms with E-state index in [1.54, 1.807) is 0 Å². The number of benzene rings is 1. The molecule has 0 bridgehead atoms. The molecule has 8 nitrogen and oxygen atoms in total. The summed E-state index contributed by atoms with van der Waals surface area (Å²) in [6.45, 7) is 3.16. The van der Waals surface area contributed by atoms with E-state index in [-0.39, 0.29) is 18.0 Å². The van der Waals surface area contributed by atoms with Crippen LogP contribution in [-0.2, 0) is 4.74 Å². The molecule has 0 spiro atoms. The minimum atomic E-state index is -0.987. The second kappa shape index (κ2) is 8.04. The van der Waals surface area contributed by atoms with Gasteiger partial charge in [-0.1, -0.05) is 0 Å². The van der Waals surface area contributed by atoms with Gasteiger partial charge < -0.3 is 19.9 Å². The molecule has 1 aromatic carbocycles. The number of methoxy groups -OCH3 is 1. The number of nitrogens with zero attached hydrogens (tertiary/aromatic N) is 2. The van der Waals surface area contributed by atoms with Crippen LogP contribution in [0.2, 0.25) is 0 Å². The lowest BCUT2D eigenvalue weighted by Crippen LogP contribution is -2.42. The summed E-state index contributed by atoms with van der Waals surface area (Å²) in [5, 5.41) is 23.8. The van der Waals surface area contributed by atoms with Gasteiger partial charge in [-0.25, -0.2) is 0 Å². The fourth-order valence-corrected chi connectivity index (χ4v) is 2.39. The topological polar surface area (TPSA) is 97.1 Å². The van der Waals surface area contributed by atoms with E-state index in [2.05, 4.69) is 5.32 Å². The van der Waals surface area contributed by atoms with Gasteiger partial charge in [0.05, 0.1) is 31.4 Å². The summed E-state index contributed by atoms with van der Waals surface area (Å²) < 4.78 is 23.9. The van der Waals surface area contributed by atoms with Gasteiger partial charge in [0.15, 0.2) is 0 Å². The third-order valence-electron chi connectivity index (χ3n) is 3.56. The number of aliphatic hydroxyl groups is 1. The number of anilines is 1. The molecule has 1 atom stereocenters. The minimum absolute atomic E-state index is 0.0205. The summed E-state index contributed by atoms with van der Waals surface area (Å²) in [4.78, 5) is 12.2. The number of hydrogen-bond donors (Lipinski definition) is 2. The smallest absolute Gasteiger partial charge is 0.327 e. The van der Waals surface area contributed by atoms with Gasteiger partial charge in [0.1, 0.15) is 11.4 Å². The minimum Gasteiger partial charge on any atom is -0.497 e. The fourth-order valence-electron chi connectivity index (χ4n) is 2.39. The van der Waals surface area contributed by atoms with E-state index in [1.165, 1.54) is 13.2 Å². The molecule has 1 unspecified atom stereocenters. The zero-order valence-corrected chi connectivity index (χ0v) is 12.8. The summed E-state index contributed by atoms with van der Waals surface area (Å²) in [6, 6.07) is 2.29. The molecule has 1 aromatic rings.